The van der Waals surface area contributed by atoms with Gasteiger partial charge in [-0.15, -0.1) is 0 Å². The number of hydrogen-bond donors (Lipinski definition) is 2. The summed E-state index contributed by atoms with van der Waals surface area (Å²) >= 11 is 0. The van der Waals surface area contributed by atoms with Crippen molar-refractivity contribution in [2.75, 3.05) is 6.54 Å². The lowest BCUT2D eigenvalue weighted by atomic mass is 9.94. The summed E-state index contributed by atoms with van der Waals surface area (Å²) in [4.78, 5) is 0. The van der Waals surface area contributed by atoms with Gasteiger partial charge in [0.25, 0.3) is 0 Å². The molecule has 0 bridgehead atoms. The minimum absolute atomic E-state index is 0.457. The molecule has 2 aliphatic rings. The van der Waals surface area contributed by atoms with Crippen molar-refractivity contribution < 1.29 is 0 Å². The van der Waals surface area contributed by atoms with Crippen molar-refractivity contribution in [2.45, 2.75) is 50.6 Å². The number of hydrogen-bond acceptors (Lipinski definition) is 2. The molecule has 80 valence electrons. The van der Waals surface area contributed by atoms with Crippen molar-refractivity contribution in [1.82, 2.24) is 5.32 Å². The summed E-state index contributed by atoms with van der Waals surface area (Å²) in [7, 11) is 0. The molecule has 2 aliphatic carbocycles. The molecule has 0 spiro atoms. The van der Waals surface area contributed by atoms with Crippen molar-refractivity contribution in [3.8, 4) is 0 Å². The molecule has 0 aromatic rings. The highest BCUT2D eigenvalue weighted by Gasteiger charge is 2.21. The first-order valence-electron chi connectivity index (χ1n) is 5.98. The van der Waals surface area contributed by atoms with Gasteiger partial charge in [0, 0.05) is 12.1 Å². The third-order valence-corrected chi connectivity index (χ3v) is 3.55. The van der Waals surface area contributed by atoms with Crippen LogP contribution >= 0.6 is 0 Å². The zero-order chi connectivity index (χ0) is 9.80. The zero-order valence-electron chi connectivity index (χ0n) is 8.91. The van der Waals surface area contributed by atoms with Gasteiger partial charge < -0.3 is 11.1 Å². The van der Waals surface area contributed by atoms with Crippen LogP contribution in [-0.2, 0) is 0 Å². The molecule has 0 radical (unpaired) electrons. The minimum atomic E-state index is 0.457. The average molecular weight is 194 g/mol. The second kappa shape index (κ2) is 4.94. The van der Waals surface area contributed by atoms with Gasteiger partial charge >= 0.3 is 0 Å². The fourth-order valence-corrected chi connectivity index (χ4v) is 2.58. The Morgan fingerprint density at radius 2 is 2.14 bits per heavy atom. The summed E-state index contributed by atoms with van der Waals surface area (Å²) in [5, 5.41) is 3.67. The highest BCUT2D eigenvalue weighted by molar-refractivity contribution is 4.91. The molecule has 3 N–H and O–H groups in total. The predicted octanol–water partition coefficient (Wildman–Crippen LogP) is 1.81. The van der Waals surface area contributed by atoms with E-state index in [4.69, 9.17) is 5.73 Å². The maximum absolute atomic E-state index is 5.88. The van der Waals surface area contributed by atoms with E-state index in [1.165, 1.54) is 45.1 Å². The third-order valence-electron chi connectivity index (χ3n) is 3.55. The van der Waals surface area contributed by atoms with Crippen molar-refractivity contribution in [1.29, 1.82) is 0 Å². The summed E-state index contributed by atoms with van der Waals surface area (Å²) in [5.41, 5.74) is 5.88. The summed E-state index contributed by atoms with van der Waals surface area (Å²) in [5.74, 6) is 0.872. The molecule has 0 amide bonds. The molecule has 0 aromatic heterocycles. The van der Waals surface area contributed by atoms with E-state index >= 15 is 0 Å². The topological polar surface area (TPSA) is 38.0 Å². The maximum atomic E-state index is 5.88. The fourth-order valence-electron chi connectivity index (χ4n) is 2.58. The number of allylic oxidation sites excluding steroid dienone is 2. The van der Waals surface area contributed by atoms with Crippen LogP contribution in [0.25, 0.3) is 0 Å². The maximum Gasteiger partial charge on any atom is 0.00824 e. The lowest BCUT2D eigenvalue weighted by Gasteiger charge is -2.21. The lowest BCUT2D eigenvalue weighted by Crippen LogP contribution is -2.33. The van der Waals surface area contributed by atoms with Gasteiger partial charge in [0.1, 0.15) is 0 Å². The Hall–Kier alpha value is -0.340. The predicted molar refractivity (Wildman–Crippen MR) is 60.1 cm³/mol. The Balaban J connectivity index is 1.64. The Morgan fingerprint density at radius 3 is 2.79 bits per heavy atom. The Morgan fingerprint density at radius 1 is 1.21 bits per heavy atom. The quantitative estimate of drug-likeness (QED) is 0.672. The molecule has 3 atom stereocenters. The van der Waals surface area contributed by atoms with Crippen molar-refractivity contribution in [3.05, 3.63) is 12.2 Å². The molecule has 0 aromatic carbocycles. The standard InChI is InChI=1S/C12H22N2/c13-11-6-7-12(8-11)14-9-10-4-2-1-3-5-10/h1-2,10-12,14H,3-9,13H2. The summed E-state index contributed by atoms with van der Waals surface area (Å²) < 4.78 is 0. The normalized spacial score (nSPS) is 37.6. The molecule has 2 heteroatoms. The molecule has 1 saturated carbocycles. The number of rotatable bonds is 3. The first-order chi connectivity index (χ1) is 6.84. The van der Waals surface area contributed by atoms with Crippen LogP contribution in [-0.4, -0.2) is 18.6 Å². The molecule has 1 fully saturated rings. The molecular formula is C12H22N2. The zero-order valence-corrected chi connectivity index (χ0v) is 8.91. The lowest BCUT2D eigenvalue weighted by molar-refractivity contribution is 0.402. The molecular weight excluding hydrogens is 172 g/mol. The molecule has 0 aliphatic heterocycles. The van der Waals surface area contributed by atoms with Crippen LogP contribution in [0.5, 0.6) is 0 Å². The van der Waals surface area contributed by atoms with E-state index in [-0.39, 0.29) is 0 Å². The van der Waals surface area contributed by atoms with Crippen LogP contribution in [0, 0.1) is 5.92 Å². The third kappa shape index (κ3) is 2.82. The first-order valence-corrected chi connectivity index (χ1v) is 5.98. The highest BCUT2D eigenvalue weighted by Crippen LogP contribution is 2.20. The van der Waals surface area contributed by atoms with Crippen LogP contribution in [0.2, 0.25) is 0 Å². The van der Waals surface area contributed by atoms with Crippen molar-refractivity contribution in [3.63, 3.8) is 0 Å². The second-order valence-electron chi connectivity index (χ2n) is 4.83. The summed E-state index contributed by atoms with van der Waals surface area (Å²) in [6.45, 7) is 1.20. The van der Waals surface area contributed by atoms with Gasteiger partial charge in [-0.25, -0.2) is 0 Å². The number of nitrogens with one attached hydrogen (secondary N) is 1. The molecule has 0 heterocycles. The van der Waals surface area contributed by atoms with E-state index < -0.39 is 0 Å². The fraction of sp³-hybridized carbons (Fsp3) is 0.833. The van der Waals surface area contributed by atoms with Crippen LogP contribution in [0.1, 0.15) is 38.5 Å². The first kappa shape index (κ1) is 10.2. The van der Waals surface area contributed by atoms with Gasteiger partial charge in [0.05, 0.1) is 0 Å². The van der Waals surface area contributed by atoms with Gasteiger partial charge in [0.15, 0.2) is 0 Å². The molecule has 2 rings (SSSR count). The van der Waals surface area contributed by atoms with E-state index in [0.717, 1.165) is 5.92 Å². The molecule has 2 nitrogen and oxygen atoms in total. The van der Waals surface area contributed by atoms with Gasteiger partial charge in [-0.3, -0.25) is 0 Å². The van der Waals surface area contributed by atoms with Crippen molar-refractivity contribution in [2.24, 2.45) is 11.7 Å². The van der Waals surface area contributed by atoms with E-state index in [2.05, 4.69) is 17.5 Å². The van der Waals surface area contributed by atoms with Crippen LogP contribution < -0.4 is 11.1 Å². The second-order valence-corrected chi connectivity index (χ2v) is 4.83. The van der Waals surface area contributed by atoms with Crippen LogP contribution in [0.4, 0.5) is 0 Å². The van der Waals surface area contributed by atoms with Crippen molar-refractivity contribution >= 4 is 0 Å². The minimum Gasteiger partial charge on any atom is -0.328 e. The van der Waals surface area contributed by atoms with Gasteiger partial charge in [0.2, 0.25) is 0 Å². The largest absolute Gasteiger partial charge is 0.328 e. The summed E-state index contributed by atoms with van der Waals surface area (Å²) in [6, 6.07) is 1.16. The average Bonchev–Trinajstić information content (AvgIpc) is 2.63. The van der Waals surface area contributed by atoms with Gasteiger partial charge in [-0.1, -0.05) is 12.2 Å². The van der Waals surface area contributed by atoms with E-state index in [1.54, 1.807) is 0 Å². The van der Waals surface area contributed by atoms with E-state index in [9.17, 15) is 0 Å². The Labute approximate surface area is 86.9 Å². The monoisotopic (exact) mass is 194 g/mol. The van der Waals surface area contributed by atoms with E-state index in [1.807, 2.05) is 0 Å². The summed E-state index contributed by atoms with van der Waals surface area (Å²) in [6.07, 6.45) is 12.2. The Bertz CT molecular complexity index is 200. The molecule has 3 unspecified atom stereocenters. The van der Waals surface area contributed by atoms with Crippen LogP contribution in [0.3, 0.4) is 0 Å². The Kier molecular flexibility index (Phi) is 3.60. The highest BCUT2D eigenvalue weighted by atomic mass is 14.9. The molecule has 14 heavy (non-hydrogen) atoms. The van der Waals surface area contributed by atoms with Gasteiger partial charge in [-0.05, 0) is 51.0 Å². The van der Waals surface area contributed by atoms with Gasteiger partial charge in [-0.2, -0.15) is 0 Å². The number of nitrogens with two attached hydrogens (primary N) is 1. The smallest absolute Gasteiger partial charge is 0.00824 e. The van der Waals surface area contributed by atoms with Crippen LogP contribution in [0.15, 0.2) is 12.2 Å². The van der Waals surface area contributed by atoms with E-state index in [0.29, 0.717) is 12.1 Å². The SMILES string of the molecule is NC1CCC(NCC2CC=CCC2)C1. The molecule has 0 saturated heterocycles.